The van der Waals surface area contributed by atoms with Gasteiger partial charge in [-0.3, -0.25) is 4.79 Å². The van der Waals surface area contributed by atoms with E-state index in [0.717, 1.165) is 54.5 Å². The van der Waals surface area contributed by atoms with Crippen LogP contribution in [0.1, 0.15) is 36.5 Å². The van der Waals surface area contributed by atoms with Crippen LogP contribution in [0.25, 0.3) is 0 Å². The topological polar surface area (TPSA) is 87.5 Å². The molecule has 1 aromatic carbocycles. The van der Waals surface area contributed by atoms with E-state index in [-0.39, 0.29) is 18.7 Å². The number of fused-ring (bicyclic) bond motifs is 2. The number of amides is 1. The second-order valence-corrected chi connectivity index (χ2v) is 6.90. The molecule has 2 aliphatic heterocycles. The van der Waals surface area contributed by atoms with Crippen molar-refractivity contribution in [3.8, 4) is 11.5 Å². The Bertz CT molecular complexity index is 820. The Morgan fingerprint density at radius 2 is 2.19 bits per heavy atom. The van der Waals surface area contributed by atoms with Crippen LogP contribution in [-0.2, 0) is 35.5 Å². The Morgan fingerprint density at radius 3 is 3.07 bits per heavy atom. The van der Waals surface area contributed by atoms with E-state index in [1.807, 2.05) is 18.2 Å². The van der Waals surface area contributed by atoms with Crippen LogP contribution >= 0.6 is 0 Å². The standard InChI is InChI=1S/C19H24N4O4/c1-25-11-18-22-21-17-6-4-14(8-9-23(17)18)20-19(24)7-3-13-2-5-15-16(10-13)27-12-26-15/h2,5,10,14H,3-4,6-9,11-12H2,1H3,(H,20,24). The minimum absolute atomic E-state index is 0.0763. The number of aryl methyl sites for hydroxylation is 2. The molecule has 1 aromatic heterocycles. The van der Waals surface area contributed by atoms with Crippen molar-refractivity contribution in [3.63, 3.8) is 0 Å². The number of nitrogens with zero attached hydrogens (tertiary/aromatic N) is 3. The zero-order chi connectivity index (χ0) is 18.6. The van der Waals surface area contributed by atoms with Crippen molar-refractivity contribution in [2.75, 3.05) is 13.9 Å². The molecule has 144 valence electrons. The van der Waals surface area contributed by atoms with Gasteiger partial charge >= 0.3 is 0 Å². The van der Waals surface area contributed by atoms with Crippen molar-refractivity contribution in [3.05, 3.63) is 35.4 Å². The number of methoxy groups -OCH3 is 1. The highest BCUT2D eigenvalue weighted by molar-refractivity contribution is 5.76. The Labute approximate surface area is 157 Å². The number of aromatic nitrogens is 3. The van der Waals surface area contributed by atoms with Crippen LogP contribution in [-0.4, -0.2) is 40.6 Å². The van der Waals surface area contributed by atoms with Gasteiger partial charge in [-0.15, -0.1) is 10.2 Å². The molecule has 4 rings (SSSR count). The maximum Gasteiger partial charge on any atom is 0.231 e. The molecule has 0 saturated heterocycles. The molecule has 8 heteroatoms. The molecule has 0 radical (unpaired) electrons. The van der Waals surface area contributed by atoms with Gasteiger partial charge in [0.1, 0.15) is 12.4 Å². The summed E-state index contributed by atoms with van der Waals surface area (Å²) in [7, 11) is 1.65. The predicted molar refractivity (Wildman–Crippen MR) is 96.5 cm³/mol. The number of rotatable bonds is 6. The van der Waals surface area contributed by atoms with Crippen LogP contribution < -0.4 is 14.8 Å². The Balaban J connectivity index is 1.27. The zero-order valence-corrected chi connectivity index (χ0v) is 15.4. The van der Waals surface area contributed by atoms with Gasteiger partial charge in [-0.1, -0.05) is 6.07 Å². The zero-order valence-electron chi connectivity index (χ0n) is 15.4. The van der Waals surface area contributed by atoms with Gasteiger partial charge in [-0.2, -0.15) is 0 Å². The lowest BCUT2D eigenvalue weighted by Crippen LogP contribution is -2.35. The number of carbonyl (C=O) groups is 1. The second kappa shape index (κ2) is 7.96. The molecule has 0 saturated carbocycles. The quantitative estimate of drug-likeness (QED) is 0.829. The van der Waals surface area contributed by atoms with Crippen LogP contribution in [0.15, 0.2) is 18.2 Å². The molecule has 0 bridgehead atoms. The molecular formula is C19H24N4O4. The first kappa shape index (κ1) is 17.8. The lowest BCUT2D eigenvalue weighted by molar-refractivity contribution is -0.121. The van der Waals surface area contributed by atoms with Crippen LogP contribution in [0.4, 0.5) is 0 Å². The smallest absolute Gasteiger partial charge is 0.231 e. The van der Waals surface area contributed by atoms with Crippen molar-refractivity contribution in [1.82, 2.24) is 20.1 Å². The molecule has 0 aliphatic carbocycles. The first-order chi connectivity index (χ1) is 13.2. The van der Waals surface area contributed by atoms with Gasteiger partial charge in [0.25, 0.3) is 0 Å². The highest BCUT2D eigenvalue weighted by atomic mass is 16.7. The average Bonchev–Trinajstić information content (AvgIpc) is 3.24. The van der Waals surface area contributed by atoms with E-state index in [4.69, 9.17) is 14.2 Å². The third-order valence-corrected chi connectivity index (χ3v) is 5.04. The van der Waals surface area contributed by atoms with Gasteiger partial charge in [0, 0.05) is 32.5 Å². The Morgan fingerprint density at radius 1 is 1.30 bits per heavy atom. The SMILES string of the molecule is COCc1nnc2n1CCC(NC(=O)CCc1ccc3c(c1)OCO3)CC2. The van der Waals surface area contributed by atoms with Gasteiger partial charge in [-0.25, -0.2) is 0 Å². The molecule has 27 heavy (non-hydrogen) atoms. The summed E-state index contributed by atoms with van der Waals surface area (Å²) in [5, 5.41) is 11.6. The summed E-state index contributed by atoms with van der Waals surface area (Å²) in [6.45, 7) is 1.52. The molecule has 1 atom stereocenters. The number of benzene rings is 1. The summed E-state index contributed by atoms with van der Waals surface area (Å²) < 4.78 is 18.0. The summed E-state index contributed by atoms with van der Waals surface area (Å²) in [5.41, 5.74) is 1.07. The minimum Gasteiger partial charge on any atom is -0.454 e. The van der Waals surface area contributed by atoms with E-state index in [9.17, 15) is 4.79 Å². The van der Waals surface area contributed by atoms with E-state index in [0.29, 0.717) is 19.4 Å². The number of ether oxygens (including phenoxy) is 3. The van der Waals surface area contributed by atoms with Gasteiger partial charge in [0.2, 0.25) is 12.7 Å². The number of hydrogen-bond acceptors (Lipinski definition) is 6. The summed E-state index contributed by atoms with van der Waals surface area (Å²) in [6.07, 6.45) is 3.69. The van der Waals surface area contributed by atoms with Gasteiger partial charge in [0.05, 0.1) is 0 Å². The average molecular weight is 372 g/mol. The molecule has 8 nitrogen and oxygen atoms in total. The van der Waals surface area contributed by atoms with E-state index in [1.54, 1.807) is 7.11 Å². The fourth-order valence-corrected chi connectivity index (χ4v) is 3.58. The number of nitrogens with one attached hydrogen (secondary N) is 1. The summed E-state index contributed by atoms with van der Waals surface area (Å²) >= 11 is 0. The van der Waals surface area contributed by atoms with Gasteiger partial charge < -0.3 is 24.1 Å². The molecule has 2 aliphatic rings. The molecule has 0 fully saturated rings. The molecule has 3 heterocycles. The van der Waals surface area contributed by atoms with E-state index < -0.39 is 0 Å². The first-order valence-corrected chi connectivity index (χ1v) is 9.30. The predicted octanol–water partition coefficient (Wildman–Crippen LogP) is 1.61. The first-order valence-electron chi connectivity index (χ1n) is 9.30. The van der Waals surface area contributed by atoms with Gasteiger partial charge in [0.15, 0.2) is 17.3 Å². The lowest BCUT2D eigenvalue weighted by Gasteiger charge is -2.16. The third-order valence-electron chi connectivity index (χ3n) is 5.04. The fourth-order valence-electron chi connectivity index (χ4n) is 3.58. The summed E-state index contributed by atoms with van der Waals surface area (Å²) in [4.78, 5) is 12.4. The van der Waals surface area contributed by atoms with Gasteiger partial charge in [-0.05, 0) is 37.0 Å². The monoisotopic (exact) mass is 372 g/mol. The van der Waals surface area contributed by atoms with Crippen LogP contribution in [0.5, 0.6) is 11.5 Å². The third kappa shape index (κ3) is 4.05. The molecule has 1 amide bonds. The van der Waals surface area contributed by atoms with Crippen molar-refractivity contribution in [1.29, 1.82) is 0 Å². The highest BCUT2D eigenvalue weighted by Crippen LogP contribution is 2.32. The number of hydrogen-bond donors (Lipinski definition) is 1. The maximum absolute atomic E-state index is 12.4. The van der Waals surface area contributed by atoms with Crippen LogP contribution in [0.2, 0.25) is 0 Å². The normalized spacial score (nSPS) is 18.0. The Kier molecular flexibility index (Phi) is 5.24. The molecule has 1 N–H and O–H groups in total. The molecule has 0 spiro atoms. The second-order valence-electron chi connectivity index (χ2n) is 6.90. The number of carbonyl (C=O) groups excluding carboxylic acids is 1. The van der Waals surface area contributed by atoms with E-state index >= 15 is 0 Å². The van der Waals surface area contributed by atoms with E-state index in [2.05, 4.69) is 20.1 Å². The highest BCUT2D eigenvalue weighted by Gasteiger charge is 2.21. The molecule has 2 aromatic rings. The fraction of sp³-hybridized carbons (Fsp3) is 0.526. The van der Waals surface area contributed by atoms with Crippen LogP contribution in [0.3, 0.4) is 0 Å². The van der Waals surface area contributed by atoms with Crippen molar-refractivity contribution in [2.45, 2.75) is 51.3 Å². The largest absolute Gasteiger partial charge is 0.454 e. The summed E-state index contributed by atoms with van der Waals surface area (Å²) in [5.74, 6) is 3.42. The minimum atomic E-state index is 0.0763. The van der Waals surface area contributed by atoms with Crippen LogP contribution in [0, 0.1) is 0 Å². The Hall–Kier alpha value is -2.61. The maximum atomic E-state index is 12.4. The summed E-state index contributed by atoms with van der Waals surface area (Å²) in [6, 6.07) is 5.99. The van der Waals surface area contributed by atoms with Crippen molar-refractivity contribution < 1.29 is 19.0 Å². The molecule has 1 unspecified atom stereocenters. The lowest BCUT2D eigenvalue weighted by atomic mass is 10.1. The van der Waals surface area contributed by atoms with Crippen molar-refractivity contribution in [2.24, 2.45) is 0 Å². The molecular weight excluding hydrogens is 348 g/mol. The van der Waals surface area contributed by atoms with Crippen molar-refractivity contribution >= 4 is 5.91 Å². The van der Waals surface area contributed by atoms with E-state index in [1.165, 1.54) is 0 Å².